The monoisotopic (exact) mass is 310 g/mol. The third kappa shape index (κ3) is 3.56. The molecule has 1 atom stereocenters. The zero-order valence-corrected chi connectivity index (χ0v) is 12.7. The second-order valence-electron chi connectivity index (χ2n) is 5.03. The van der Waals surface area contributed by atoms with Gasteiger partial charge in [-0.25, -0.2) is 0 Å². The number of hydrogen-bond acceptors (Lipinski definition) is 4. The molecule has 0 spiro atoms. The van der Waals surface area contributed by atoms with Gasteiger partial charge in [0.25, 0.3) is 0 Å². The van der Waals surface area contributed by atoms with Crippen molar-refractivity contribution in [3.8, 4) is 0 Å². The van der Waals surface area contributed by atoms with Crippen molar-refractivity contribution in [2.75, 3.05) is 26.8 Å². The lowest BCUT2D eigenvalue weighted by molar-refractivity contribution is -0.135. The van der Waals surface area contributed by atoms with Gasteiger partial charge in [0.2, 0.25) is 5.91 Å². The average Bonchev–Trinajstić information content (AvgIpc) is 2.89. The number of benzene rings is 1. The minimum atomic E-state index is -0.252. The number of nitrogens with zero attached hydrogens (tertiary/aromatic N) is 1. The number of ether oxygens (including phenoxy) is 1. The van der Waals surface area contributed by atoms with Crippen molar-refractivity contribution in [1.82, 2.24) is 10.2 Å². The Morgan fingerprint density at radius 2 is 2.24 bits per heavy atom. The van der Waals surface area contributed by atoms with Crippen molar-refractivity contribution < 1.29 is 13.9 Å². The van der Waals surface area contributed by atoms with E-state index in [4.69, 9.17) is 9.15 Å². The molecule has 0 bridgehead atoms. The molecule has 3 rings (SSSR count). The average molecular weight is 311 g/mol. The van der Waals surface area contributed by atoms with Gasteiger partial charge < -0.3 is 19.4 Å². The Bertz CT molecular complexity index is 575. The molecular formula is C15H19ClN2O3. The topological polar surface area (TPSA) is 54.7 Å². The van der Waals surface area contributed by atoms with Crippen LogP contribution in [0.3, 0.4) is 0 Å². The van der Waals surface area contributed by atoms with E-state index >= 15 is 0 Å². The smallest absolute Gasteiger partial charge is 0.242 e. The number of morpholine rings is 1. The fraction of sp³-hybridized carbons (Fsp3) is 0.400. The minimum Gasteiger partial charge on any atom is -0.459 e. The van der Waals surface area contributed by atoms with Crippen molar-refractivity contribution in [2.24, 2.45) is 0 Å². The summed E-state index contributed by atoms with van der Waals surface area (Å²) in [7, 11) is 1.78. The molecule has 0 radical (unpaired) electrons. The third-order valence-corrected chi connectivity index (χ3v) is 3.47. The SMILES string of the molecule is CN(Cc1cc2ccccc2o1)C(=O)C1COCCN1.Cl. The lowest BCUT2D eigenvalue weighted by Gasteiger charge is -2.27. The van der Waals surface area contributed by atoms with Crippen LogP contribution in [0.2, 0.25) is 0 Å². The summed E-state index contributed by atoms with van der Waals surface area (Å²) in [5.41, 5.74) is 0.850. The summed E-state index contributed by atoms with van der Waals surface area (Å²) >= 11 is 0. The number of para-hydroxylation sites is 1. The molecule has 0 aliphatic carbocycles. The number of furan rings is 1. The van der Waals surface area contributed by atoms with Crippen molar-refractivity contribution in [3.63, 3.8) is 0 Å². The van der Waals surface area contributed by atoms with Crippen LogP contribution in [-0.2, 0) is 16.1 Å². The van der Waals surface area contributed by atoms with E-state index < -0.39 is 0 Å². The lowest BCUT2D eigenvalue weighted by atomic mass is 10.2. The Kier molecular flexibility index (Phi) is 5.22. The predicted molar refractivity (Wildman–Crippen MR) is 82.5 cm³/mol. The van der Waals surface area contributed by atoms with Gasteiger partial charge in [-0.2, -0.15) is 0 Å². The summed E-state index contributed by atoms with van der Waals surface area (Å²) in [6, 6.07) is 9.56. The highest BCUT2D eigenvalue weighted by Crippen LogP contribution is 2.19. The van der Waals surface area contributed by atoms with E-state index in [1.54, 1.807) is 11.9 Å². The highest BCUT2D eigenvalue weighted by atomic mass is 35.5. The number of carbonyl (C=O) groups excluding carboxylic acids is 1. The van der Waals surface area contributed by atoms with E-state index in [1.807, 2.05) is 30.3 Å². The fourth-order valence-electron chi connectivity index (χ4n) is 2.42. The summed E-state index contributed by atoms with van der Waals surface area (Å²) in [6.45, 7) is 2.28. The van der Waals surface area contributed by atoms with Gasteiger partial charge in [0, 0.05) is 19.0 Å². The molecular weight excluding hydrogens is 292 g/mol. The standard InChI is InChI=1S/C15H18N2O3.ClH/c1-17(15(18)13-10-19-7-6-16-13)9-12-8-11-4-2-3-5-14(11)20-12;/h2-5,8,13,16H,6-7,9-10H2,1H3;1H. The van der Waals surface area contributed by atoms with Crippen LogP contribution in [0, 0.1) is 0 Å². The number of rotatable bonds is 3. The molecule has 1 aromatic heterocycles. The van der Waals surface area contributed by atoms with E-state index in [9.17, 15) is 4.79 Å². The van der Waals surface area contributed by atoms with Crippen LogP contribution in [0.1, 0.15) is 5.76 Å². The highest BCUT2D eigenvalue weighted by molar-refractivity contribution is 5.85. The van der Waals surface area contributed by atoms with E-state index in [1.165, 1.54) is 0 Å². The number of carbonyl (C=O) groups is 1. The zero-order chi connectivity index (χ0) is 13.9. The number of likely N-dealkylation sites (N-methyl/N-ethyl adjacent to an activating group) is 1. The Hall–Kier alpha value is -1.56. The van der Waals surface area contributed by atoms with Crippen molar-refractivity contribution >= 4 is 29.3 Å². The molecule has 1 aromatic carbocycles. The van der Waals surface area contributed by atoms with Crippen LogP contribution in [0.4, 0.5) is 0 Å². The van der Waals surface area contributed by atoms with Gasteiger partial charge in [0.1, 0.15) is 17.4 Å². The first-order valence-corrected chi connectivity index (χ1v) is 6.77. The Morgan fingerprint density at radius 1 is 1.43 bits per heavy atom. The van der Waals surface area contributed by atoms with E-state index in [-0.39, 0.29) is 24.4 Å². The van der Waals surface area contributed by atoms with Crippen LogP contribution in [0.25, 0.3) is 11.0 Å². The molecule has 1 N–H and O–H groups in total. The summed E-state index contributed by atoms with van der Waals surface area (Å²) < 4.78 is 11.0. The molecule has 1 saturated heterocycles. The second kappa shape index (κ2) is 6.93. The van der Waals surface area contributed by atoms with Crippen molar-refractivity contribution in [1.29, 1.82) is 0 Å². The Balaban J connectivity index is 0.00000161. The molecule has 1 aliphatic rings. The van der Waals surface area contributed by atoms with Gasteiger partial charge in [-0.1, -0.05) is 18.2 Å². The Labute approximate surface area is 129 Å². The van der Waals surface area contributed by atoms with Gasteiger partial charge in [-0.15, -0.1) is 12.4 Å². The highest BCUT2D eigenvalue weighted by Gasteiger charge is 2.24. The number of nitrogens with one attached hydrogen (secondary N) is 1. The van der Waals surface area contributed by atoms with Crippen molar-refractivity contribution in [2.45, 2.75) is 12.6 Å². The summed E-state index contributed by atoms with van der Waals surface area (Å²) in [6.07, 6.45) is 0. The number of fused-ring (bicyclic) bond motifs is 1. The largest absolute Gasteiger partial charge is 0.459 e. The molecule has 1 fully saturated rings. The molecule has 114 valence electrons. The first-order valence-electron chi connectivity index (χ1n) is 6.77. The van der Waals surface area contributed by atoms with Gasteiger partial charge in [0.05, 0.1) is 19.8 Å². The summed E-state index contributed by atoms with van der Waals surface area (Å²) in [4.78, 5) is 13.9. The maximum atomic E-state index is 12.3. The van der Waals surface area contributed by atoms with Crippen LogP contribution in [-0.4, -0.2) is 43.7 Å². The van der Waals surface area contributed by atoms with Crippen molar-refractivity contribution in [3.05, 3.63) is 36.1 Å². The van der Waals surface area contributed by atoms with Crippen LogP contribution < -0.4 is 5.32 Å². The third-order valence-electron chi connectivity index (χ3n) is 3.47. The zero-order valence-electron chi connectivity index (χ0n) is 11.9. The van der Waals surface area contributed by atoms with Gasteiger partial charge in [0.15, 0.2) is 0 Å². The second-order valence-corrected chi connectivity index (χ2v) is 5.03. The first-order chi connectivity index (χ1) is 9.74. The molecule has 2 heterocycles. The number of hydrogen-bond donors (Lipinski definition) is 1. The number of amides is 1. The molecule has 1 aliphatic heterocycles. The van der Waals surface area contributed by atoms with E-state index in [2.05, 4.69) is 5.32 Å². The molecule has 1 amide bonds. The maximum Gasteiger partial charge on any atom is 0.242 e. The predicted octanol–water partition coefficient (Wildman–Crippen LogP) is 1.80. The van der Waals surface area contributed by atoms with Gasteiger partial charge in [-0.05, 0) is 12.1 Å². The molecule has 6 heteroatoms. The molecule has 0 saturated carbocycles. The summed E-state index contributed by atoms with van der Waals surface area (Å²) in [5.74, 6) is 0.823. The lowest BCUT2D eigenvalue weighted by Crippen LogP contribution is -2.51. The molecule has 5 nitrogen and oxygen atoms in total. The van der Waals surface area contributed by atoms with Crippen LogP contribution >= 0.6 is 12.4 Å². The Morgan fingerprint density at radius 3 is 2.95 bits per heavy atom. The molecule has 2 aromatic rings. The molecule has 21 heavy (non-hydrogen) atoms. The maximum absolute atomic E-state index is 12.3. The molecule has 1 unspecified atom stereocenters. The van der Waals surface area contributed by atoms with Crippen LogP contribution in [0.15, 0.2) is 34.7 Å². The normalized spacial score (nSPS) is 18.2. The quantitative estimate of drug-likeness (QED) is 0.939. The van der Waals surface area contributed by atoms with E-state index in [0.717, 1.165) is 23.3 Å². The van der Waals surface area contributed by atoms with Crippen LogP contribution in [0.5, 0.6) is 0 Å². The minimum absolute atomic E-state index is 0. The first kappa shape index (κ1) is 15.8. The van der Waals surface area contributed by atoms with Gasteiger partial charge in [-0.3, -0.25) is 4.79 Å². The number of halogens is 1. The summed E-state index contributed by atoms with van der Waals surface area (Å²) in [5, 5.41) is 4.22. The van der Waals surface area contributed by atoms with Gasteiger partial charge >= 0.3 is 0 Å². The van der Waals surface area contributed by atoms with E-state index in [0.29, 0.717) is 19.8 Å². The fourth-order valence-corrected chi connectivity index (χ4v) is 2.42.